The minimum Gasteiger partial charge on any atom is -0.480 e. The highest BCUT2D eigenvalue weighted by molar-refractivity contribution is 5.66. The van der Waals surface area contributed by atoms with Crippen LogP contribution >= 0.6 is 0 Å². The molecule has 0 amide bonds. The van der Waals surface area contributed by atoms with Gasteiger partial charge in [-0.3, -0.25) is 9.59 Å². The van der Waals surface area contributed by atoms with E-state index >= 15 is 0 Å². The molecular weight excluding hydrogens is 184 g/mol. The van der Waals surface area contributed by atoms with Crippen LogP contribution in [0.15, 0.2) is 17.2 Å². The van der Waals surface area contributed by atoms with Crippen molar-refractivity contribution >= 4 is 5.97 Å². The first-order valence-corrected chi connectivity index (χ1v) is 3.27. The topological polar surface area (TPSA) is 59.3 Å². The molecule has 1 aromatic heterocycles. The van der Waals surface area contributed by atoms with Gasteiger partial charge in [-0.15, -0.1) is 0 Å². The second-order valence-electron chi connectivity index (χ2n) is 2.35. The number of hydrogen-bond acceptors (Lipinski definition) is 2. The quantitative estimate of drug-likeness (QED) is 0.723. The fraction of sp³-hybridized carbons (Fsp3) is 0.143. The van der Waals surface area contributed by atoms with Crippen molar-refractivity contribution in [2.75, 3.05) is 0 Å². The largest absolute Gasteiger partial charge is 0.480 e. The molecule has 0 atom stereocenters. The maximum Gasteiger partial charge on any atom is 0.323 e. The molecule has 1 aromatic rings. The van der Waals surface area contributed by atoms with E-state index in [2.05, 4.69) is 0 Å². The molecule has 1 heterocycles. The van der Waals surface area contributed by atoms with Crippen LogP contribution in [0.25, 0.3) is 0 Å². The summed E-state index contributed by atoms with van der Waals surface area (Å²) in [5.74, 6) is -3.86. The molecule has 0 spiro atoms. The Bertz CT molecular complexity index is 373. The van der Waals surface area contributed by atoms with Crippen molar-refractivity contribution in [1.82, 2.24) is 4.57 Å². The number of hydrogen-bond donors (Lipinski definition) is 1. The van der Waals surface area contributed by atoms with E-state index in [1.807, 2.05) is 0 Å². The number of pyridine rings is 1. The SMILES string of the molecule is O=C(O)Cn1cc(F)c(=O)c(F)c1. The lowest BCUT2D eigenvalue weighted by Gasteiger charge is -2.01. The summed E-state index contributed by atoms with van der Waals surface area (Å²) in [6.07, 6.45) is 1.28. The Balaban J connectivity index is 3.13. The Hall–Kier alpha value is -1.72. The number of aromatic nitrogens is 1. The summed E-state index contributed by atoms with van der Waals surface area (Å²) >= 11 is 0. The van der Waals surface area contributed by atoms with Gasteiger partial charge >= 0.3 is 5.97 Å². The van der Waals surface area contributed by atoms with Gasteiger partial charge in [0, 0.05) is 12.4 Å². The Labute approximate surface area is 71.0 Å². The van der Waals surface area contributed by atoms with Crippen LogP contribution in [0.4, 0.5) is 8.78 Å². The maximum absolute atomic E-state index is 12.5. The second-order valence-corrected chi connectivity index (χ2v) is 2.35. The van der Waals surface area contributed by atoms with Crippen molar-refractivity contribution < 1.29 is 18.7 Å². The molecule has 4 nitrogen and oxygen atoms in total. The first-order valence-electron chi connectivity index (χ1n) is 3.27. The van der Waals surface area contributed by atoms with Crippen LogP contribution in [-0.4, -0.2) is 15.6 Å². The van der Waals surface area contributed by atoms with Gasteiger partial charge in [0.1, 0.15) is 6.54 Å². The van der Waals surface area contributed by atoms with Crippen molar-refractivity contribution in [3.05, 3.63) is 34.3 Å². The lowest BCUT2D eigenvalue weighted by atomic mass is 10.4. The summed E-state index contributed by atoms with van der Waals surface area (Å²) in [6.45, 7) is -0.589. The van der Waals surface area contributed by atoms with Gasteiger partial charge < -0.3 is 9.67 Å². The van der Waals surface area contributed by atoms with Crippen molar-refractivity contribution in [2.45, 2.75) is 6.54 Å². The monoisotopic (exact) mass is 189 g/mol. The summed E-state index contributed by atoms with van der Waals surface area (Å²) in [5.41, 5.74) is -1.36. The summed E-state index contributed by atoms with van der Waals surface area (Å²) < 4.78 is 25.8. The molecule has 0 aliphatic carbocycles. The zero-order chi connectivity index (χ0) is 10.0. The zero-order valence-electron chi connectivity index (χ0n) is 6.33. The normalized spacial score (nSPS) is 10.0. The third-order valence-electron chi connectivity index (χ3n) is 1.31. The molecule has 0 unspecified atom stereocenters. The highest BCUT2D eigenvalue weighted by atomic mass is 19.1. The first-order chi connectivity index (χ1) is 6.00. The van der Waals surface area contributed by atoms with Crippen molar-refractivity contribution in [3.63, 3.8) is 0 Å². The second kappa shape index (κ2) is 3.34. The van der Waals surface area contributed by atoms with Crippen LogP contribution in [0.2, 0.25) is 0 Å². The van der Waals surface area contributed by atoms with E-state index in [-0.39, 0.29) is 0 Å². The third kappa shape index (κ3) is 2.11. The molecule has 0 bridgehead atoms. The Morgan fingerprint density at radius 2 is 1.85 bits per heavy atom. The molecule has 70 valence electrons. The van der Waals surface area contributed by atoms with E-state index in [1.165, 1.54) is 0 Å². The minimum atomic E-state index is -1.36. The van der Waals surface area contributed by atoms with E-state index in [4.69, 9.17) is 5.11 Å². The van der Waals surface area contributed by atoms with Crippen LogP contribution in [0.5, 0.6) is 0 Å². The first kappa shape index (κ1) is 9.37. The van der Waals surface area contributed by atoms with Crippen molar-refractivity contribution in [3.8, 4) is 0 Å². The van der Waals surface area contributed by atoms with E-state index in [9.17, 15) is 18.4 Å². The molecule has 0 aliphatic rings. The number of rotatable bonds is 2. The molecule has 0 saturated carbocycles. The van der Waals surface area contributed by atoms with Gasteiger partial charge in [-0.1, -0.05) is 0 Å². The molecule has 0 aromatic carbocycles. The summed E-state index contributed by atoms with van der Waals surface area (Å²) in [5, 5.41) is 8.27. The van der Waals surface area contributed by atoms with Gasteiger partial charge in [-0.25, -0.2) is 8.78 Å². The number of carboxylic acid groups (broad SMARTS) is 1. The van der Waals surface area contributed by atoms with Gasteiger partial charge in [0.25, 0.3) is 5.43 Å². The molecule has 0 radical (unpaired) electrons. The average Bonchev–Trinajstić information content (AvgIpc) is 1.98. The smallest absolute Gasteiger partial charge is 0.323 e. The number of carbonyl (C=O) groups is 1. The zero-order valence-corrected chi connectivity index (χ0v) is 6.33. The lowest BCUT2D eigenvalue weighted by molar-refractivity contribution is -0.137. The minimum absolute atomic E-state index is 0.589. The van der Waals surface area contributed by atoms with E-state index < -0.39 is 29.6 Å². The summed E-state index contributed by atoms with van der Waals surface area (Å²) in [4.78, 5) is 20.6. The summed E-state index contributed by atoms with van der Waals surface area (Å²) in [6, 6.07) is 0. The van der Waals surface area contributed by atoms with E-state index in [0.29, 0.717) is 12.4 Å². The van der Waals surface area contributed by atoms with Gasteiger partial charge in [-0.05, 0) is 0 Å². The van der Waals surface area contributed by atoms with E-state index in [1.54, 1.807) is 0 Å². The van der Waals surface area contributed by atoms with Crippen molar-refractivity contribution in [2.24, 2.45) is 0 Å². The highest BCUT2D eigenvalue weighted by Crippen LogP contribution is 1.95. The summed E-state index contributed by atoms with van der Waals surface area (Å²) in [7, 11) is 0. The Morgan fingerprint density at radius 1 is 1.38 bits per heavy atom. The van der Waals surface area contributed by atoms with Gasteiger partial charge in [0.2, 0.25) is 0 Å². The standard InChI is InChI=1S/C7H5F2NO3/c8-4-1-10(3-6(11)12)2-5(9)7(4)13/h1-2H,3H2,(H,11,12). The van der Waals surface area contributed by atoms with Crippen LogP contribution in [0, 0.1) is 11.6 Å². The number of nitrogens with zero attached hydrogens (tertiary/aromatic N) is 1. The predicted octanol–water partition coefficient (Wildman–Crippen LogP) is 0.211. The number of carboxylic acids is 1. The van der Waals surface area contributed by atoms with Gasteiger partial charge in [0.05, 0.1) is 0 Å². The van der Waals surface area contributed by atoms with Gasteiger partial charge in [-0.2, -0.15) is 0 Å². The Morgan fingerprint density at radius 3 is 2.23 bits per heavy atom. The number of halogens is 2. The Kier molecular flexibility index (Phi) is 2.41. The molecular formula is C7H5F2NO3. The number of aliphatic carboxylic acids is 1. The fourth-order valence-electron chi connectivity index (χ4n) is 0.807. The predicted molar refractivity (Wildman–Crippen MR) is 38.3 cm³/mol. The van der Waals surface area contributed by atoms with Gasteiger partial charge in [0.15, 0.2) is 11.6 Å². The van der Waals surface area contributed by atoms with Crippen molar-refractivity contribution in [1.29, 1.82) is 0 Å². The molecule has 0 aliphatic heterocycles. The van der Waals surface area contributed by atoms with Crippen LogP contribution in [0.1, 0.15) is 0 Å². The molecule has 6 heteroatoms. The molecule has 1 rings (SSSR count). The van der Waals surface area contributed by atoms with E-state index in [0.717, 1.165) is 4.57 Å². The molecule has 13 heavy (non-hydrogen) atoms. The third-order valence-corrected chi connectivity index (χ3v) is 1.31. The van der Waals surface area contributed by atoms with Crippen LogP contribution < -0.4 is 5.43 Å². The average molecular weight is 189 g/mol. The molecule has 0 fully saturated rings. The highest BCUT2D eigenvalue weighted by Gasteiger charge is 2.07. The lowest BCUT2D eigenvalue weighted by Crippen LogP contribution is -2.18. The van der Waals surface area contributed by atoms with Crippen LogP contribution in [-0.2, 0) is 11.3 Å². The molecule has 0 saturated heterocycles. The maximum atomic E-state index is 12.5. The fourth-order valence-corrected chi connectivity index (χ4v) is 0.807. The van der Waals surface area contributed by atoms with Crippen LogP contribution in [0.3, 0.4) is 0 Å². The molecule has 1 N–H and O–H groups in total.